The third-order valence-electron chi connectivity index (χ3n) is 5.63. The zero-order valence-corrected chi connectivity index (χ0v) is 19.3. The van der Waals surface area contributed by atoms with Gasteiger partial charge in [0.15, 0.2) is 0 Å². The van der Waals surface area contributed by atoms with Crippen molar-refractivity contribution in [1.82, 2.24) is 19.9 Å². The van der Waals surface area contributed by atoms with E-state index >= 15 is 0 Å². The van der Waals surface area contributed by atoms with Gasteiger partial charge in [-0.1, -0.05) is 36.4 Å². The fourth-order valence-electron chi connectivity index (χ4n) is 3.73. The molecule has 172 valence electrons. The van der Waals surface area contributed by atoms with Gasteiger partial charge >= 0.3 is 0 Å². The average Bonchev–Trinajstić information content (AvgIpc) is 2.82. The smallest absolute Gasteiger partial charge is 0.251 e. The molecular formula is C27H27N5O2. The van der Waals surface area contributed by atoms with Gasteiger partial charge < -0.3 is 15.6 Å². The van der Waals surface area contributed by atoms with Crippen LogP contribution in [0.5, 0.6) is 0 Å². The Hall–Kier alpha value is -4.26. The summed E-state index contributed by atoms with van der Waals surface area (Å²) in [6, 6.07) is 18.6. The number of nitrogens with zero attached hydrogens (tertiary/aromatic N) is 3. The molecule has 0 fully saturated rings. The second kappa shape index (κ2) is 10.1. The Balaban J connectivity index is 1.39. The Morgan fingerprint density at radius 2 is 1.76 bits per heavy atom. The number of rotatable bonds is 7. The highest BCUT2D eigenvalue weighted by Crippen LogP contribution is 2.13. The molecule has 7 heteroatoms. The first-order valence-corrected chi connectivity index (χ1v) is 11.1. The monoisotopic (exact) mass is 453 g/mol. The molecule has 0 aliphatic heterocycles. The Bertz CT molecular complexity index is 1380. The Kier molecular flexibility index (Phi) is 6.82. The molecule has 0 radical (unpaired) electrons. The first-order chi connectivity index (χ1) is 16.4. The maximum absolute atomic E-state index is 12.7. The molecule has 4 rings (SSSR count). The number of carbonyl (C=O) groups excluding carboxylic acids is 1. The zero-order valence-electron chi connectivity index (χ0n) is 19.3. The number of nitrogens with one attached hydrogen (secondary N) is 1. The fraction of sp³-hybridized carbons (Fsp3) is 0.185. The van der Waals surface area contributed by atoms with Crippen LogP contribution in [0.3, 0.4) is 0 Å². The maximum atomic E-state index is 12.7. The van der Waals surface area contributed by atoms with E-state index in [1.54, 1.807) is 29.0 Å². The molecule has 3 heterocycles. The fourth-order valence-corrected chi connectivity index (χ4v) is 3.73. The number of amides is 1. The molecule has 1 aromatic carbocycles. The number of nitrogen functional groups attached to an aromatic ring is 1. The lowest BCUT2D eigenvalue weighted by Gasteiger charge is -2.10. The van der Waals surface area contributed by atoms with E-state index in [1.165, 1.54) is 0 Å². The van der Waals surface area contributed by atoms with Crippen molar-refractivity contribution in [2.75, 3.05) is 5.73 Å². The average molecular weight is 454 g/mol. The molecule has 1 amide bonds. The summed E-state index contributed by atoms with van der Waals surface area (Å²) in [4.78, 5) is 33.3. The number of hydrogen-bond acceptors (Lipinski definition) is 5. The summed E-state index contributed by atoms with van der Waals surface area (Å²) >= 11 is 0. The van der Waals surface area contributed by atoms with Crippen molar-refractivity contribution in [2.24, 2.45) is 0 Å². The van der Waals surface area contributed by atoms with Crippen LogP contribution in [0, 0.1) is 13.8 Å². The Morgan fingerprint density at radius 1 is 1.00 bits per heavy atom. The topological polar surface area (TPSA) is 103 Å². The van der Waals surface area contributed by atoms with Gasteiger partial charge in [0.1, 0.15) is 5.82 Å². The number of benzene rings is 1. The molecule has 0 aliphatic carbocycles. The first kappa shape index (κ1) is 22.9. The van der Waals surface area contributed by atoms with Gasteiger partial charge in [0, 0.05) is 48.4 Å². The van der Waals surface area contributed by atoms with E-state index in [0.717, 1.165) is 33.6 Å². The number of nitrogens with two attached hydrogens (primary N) is 1. The van der Waals surface area contributed by atoms with Crippen LogP contribution >= 0.6 is 0 Å². The highest BCUT2D eigenvalue weighted by atomic mass is 16.1. The van der Waals surface area contributed by atoms with Crippen molar-refractivity contribution >= 4 is 11.7 Å². The minimum Gasteiger partial charge on any atom is -0.384 e. The number of anilines is 1. The quantitative estimate of drug-likeness (QED) is 0.446. The molecule has 4 aromatic rings. The predicted octanol–water partition coefficient (Wildman–Crippen LogP) is 3.41. The third-order valence-corrected chi connectivity index (χ3v) is 5.63. The van der Waals surface area contributed by atoms with Crippen LogP contribution in [-0.2, 0) is 19.5 Å². The van der Waals surface area contributed by atoms with E-state index in [2.05, 4.69) is 15.3 Å². The minimum atomic E-state index is -0.168. The molecule has 7 nitrogen and oxygen atoms in total. The van der Waals surface area contributed by atoms with Gasteiger partial charge in [-0.25, -0.2) is 4.98 Å². The van der Waals surface area contributed by atoms with Gasteiger partial charge in [0.05, 0.1) is 6.54 Å². The van der Waals surface area contributed by atoms with Crippen LogP contribution in [0.25, 0.3) is 0 Å². The molecule has 34 heavy (non-hydrogen) atoms. The maximum Gasteiger partial charge on any atom is 0.251 e. The second-order valence-corrected chi connectivity index (χ2v) is 8.37. The lowest BCUT2D eigenvalue weighted by atomic mass is 10.1. The summed E-state index contributed by atoms with van der Waals surface area (Å²) in [5.41, 5.74) is 11.9. The first-order valence-electron chi connectivity index (χ1n) is 11.1. The van der Waals surface area contributed by atoms with Crippen molar-refractivity contribution in [3.63, 3.8) is 0 Å². The van der Waals surface area contributed by atoms with E-state index in [4.69, 9.17) is 5.73 Å². The van der Waals surface area contributed by atoms with E-state index in [0.29, 0.717) is 30.9 Å². The molecule has 0 bridgehead atoms. The summed E-state index contributed by atoms with van der Waals surface area (Å²) in [6.07, 6.45) is 4.12. The van der Waals surface area contributed by atoms with Gasteiger partial charge in [-0.2, -0.15) is 0 Å². The predicted molar refractivity (Wildman–Crippen MR) is 133 cm³/mol. The number of pyridine rings is 3. The SMILES string of the molecule is Cc1ccc(=O)n(Cc2ccc(Cc3cc(C(=O)NCc4ccc(N)nc4C)ccn3)cc2)c1. The van der Waals surface area contributed by atoms with Crippen molar-refractivity contribution in [3.8, 4) is 0 Å². The Labute approximate surface area is 198 Å². The molecule has 3 N–H and O–H groups in total. The highest BCUT2D eigenvalue weighted by molar-refractivity contribution is 5.94. The zero-order chi connectivity index (χ0) is 24.1. The number of hydrogen-bond donors (Lipinski definition) is 2. The lowest BCUT2D eigenvalue weighted by Crippen LogP contribution is -2.23. The minimum absolute atomic E-state index is 0.0169. The van der Waals surface area contributed by atoms with Crippen molar-refractivity contribution < 1.29 is 4.79 Å². The standard InChI is InChI=1S/C27H27N5O2/c1-18-3-10-26(33)32(16-18)17-21-6-4-20(5-7-21)13-24-14-22(11-12-29-24)27(34)30-15-23-8-9-25(28)31-19(23)2/h3-12,14,16H,13,15,17H2,1-2H3,(H2,28,31)(H,30,34). The molecule has 0 saturated carbocycles. The third kappa shape index (κ3) is 5.75. The second-order valence-electron chi connectivity index (χ2n) is 8.37. The van der Waals surface area contributed by atoms with Crippen LogP contribution in [0.1, 0.15) is 44.0 Å². The van der Waals surface area contributed by atoms with Crippen molar-refractivity contribution in [1.29, 1.82) is 0 Å². The molecule has 0 unspecified atom stereocenters. The summed E-state index contributed by atoms with van der Waals surface area (Å²) < 4.78 is 1.70. The van der Waals surface area contributed by atoms with Crippen molar-refractivity contribution in [3.05, 3.63) is 123 Å². The molecule has 3 aromatic heterocycles. The van der Waals surface area contributed by atoms with Gasteiger partial charge in [-0.3, -0.25) is 14.6 Å². The normalized spacial score (nSPS) is 10.8. The van der Waals surface area contributed by atoms with Crippen LogP contribution in [0.15, 0.2) is 77.9 Å². The summed E-state index contributed by atoms with van der Waals surface area (Å²) in [5.74, 6) is 0.294. The van der Waals surface area contributed by atoms with E-state index < -0.39 is 0 Å². The number of aromatic nitrogens is 3. The van der Waals surface area contributed by atoms with Gasteiger partial charge in [0.2, 0.25) is 0 Å². The number of aryl methyl sites for hydroxylation is 2. The molecular weight excluding hydrogens is 426 g/mol. The van der Waals surface area contributed by atoms with E-state index in [-0.39, 0.29) is 11.5 Å². The van der Waals surface area contributed by atoms with E-state index in [1.807, 2.05) is 62.5 Å². The highest BCUT2D eigenvalue weighted by Gasteiger charge is 2.09. The molecule has 0 saturated heterocycles. The molecule has 0 aliphatic rings. The Morgan fingerprint density at radius 3 is 2.53 bits per heavy atom. The molecule has 0 spiro atoms. The number of carbonyl (C=O) groups is 1. The van der Waals surface area contributed by atoms with Crippen LogP contribution in [-0.4, -0.2) is 20.4 Å². The van der Waals surface area contributed by atoms with Crippen molar-refractivity contribution in [2.45, 2.75) is 33.4 Å². The van der Waals surface area contributed by atoms with Crippen LogP contribution in [0.2, 0.25) is 0 Å². The van der Waals surface area contributed by atoms with Gasteiger partial charge in [-0.05, 0) is 54.3 Å². The van der Waals surface area contributed by atoms with E-state index in [9.17, 15) is 9.59 Å². The summed E-state index contributed by atoms with van der Waals surface area (Å²) in [7, 11) is 0. The molecule has 0 atom stereocenters. The van der Waals surface area contributed by atoms with Gasteiger partial charge in [0.25, 0.3) is 11.5 Å². The summed E-state index contributed by atoms with van der Waals surface area (Å²) in [6.45, 7) is 4.74. The lowest BCUT2D eigenvalue weighted by molar-refractivity contribution is 0.0950. The van der Waals surface area contributed by atoms with Crippen LogP contribution in [0.4, 0.5) is 5.82 Å². The van der Waals surface area contributed by atoms with Crippen LogP contribution < -0.4 is 16.6 Å². The summed E-state index contributed by atoms with van der Waals surface area (Å²) in [5, 5.41) is 2.93. The largest absolute Gasteiger partial charge is 0.384 e. The van der Waals surface area contributed by atoms with Gasteiger partial charge in [-0.15, -0.1) is 0 Å².